The van der Waals surface area contributed by atoms with E-state index in [-0.39, 0.29) is 12.0 Å². The quantitative estimate of drug-likeness (QED) is 0.459. The second kappa shape index (κ2) is 13.2. The van der Waals surface area contributed by atoms with Crippen LogP contribution in [0, 0.1) is 0 Å². The smallest absolute Gasteiger partial charge is 0.253 e. The summed E-state index contributed by atoms with van der Waals surface area (Å²) in [7, 11) is 0. The summed E-state index contributed by atoms with van der Waals surface area (Å²) in [5.41, 5.74) is 3.41. The van der Waals surface area contributed by atoms with Crippen molar-refractivity contribution in [2.75, 3.05) is 45.8 Å². The van der Waals surface area contributed by atoms with Crippen LogP contribution in [0.5, 0.6) is 5.75 Å². The Balaban J connectivity index is 1.20. The maximum absolute atomic E-state index is 13.0. The van der Waals surface area contributed by atoms with Crippen molar-refractivity contribution in [2.45, 2.75) is 32.4 Å². The predicted molar refractivity (Wildman–Crippen MR) is 147 cm³/mol. The van der Waals surface area contributed by atoms with Crippen LogP contribution in [0.15, 0.2) is 91.1 Å². The van der Waals surface area contributed by atoms with Crippen molar-refractivity contribution >= 4 is 5.91 Å². The molecule has 0 saturated carbocycles. The molecule has 2 aromatic rings. The third kappa shape index (κ3) is 7.67. The van der Waals surface area contributed by atoms with E-state index in [1.165, 1.54) is 11.1 Å². The van der Waals surface area contributed by atoms with Crippen molar-refractivity contribution in [2.24, 2.45) is 0 Å². The van der Waals surface area contributed by atoms with E-state index in [9.17, 15) is 4.79 Å². The number of likely N-dealkylation sites (tertiary alicyclic amines) is 1. The van der Waals surface area contributed by atoms with E-state index in [1.54, 1.807) is 6.08 Å². The van der Waals surface area contributed by atoms with E-state index >= 15 is 0 Å². The minimum Gasteiger partial charge on any atom is -0.490 e. The molecule has 0 aliphatic carbocycles. The average Bonchev–Trinajstić information content (AvgIpc) is 2.91. The summed E-state index contributed by atoms with van der Waals surface area (Å²) in [5, 5.41) is 0. The molecule has 0 radical (unpaired) electrons. The van der Waals surface area contributed by atoms with Gasteiger partial charge in [-0.3, -0.25) is 14.6 Å². The maximum atomic E-state index is 13.0. The average molecular weight is 486 g/mol. The van der Waals surface area contributed by atoms with Gasteiger partial charge in [-0.05, 0) is 49.6 Å². The van der Waals surface area contributed by atoms with Gasteiger partial charge in [-0.2, -0.15) is 0 Å². The molecule has 0 aromatic heterocycles. The molecule has 2 heterocycles. The minimum atomic E-state index is 0.108. The molecule has 5 heteroatoms. The highest BCUT2D eigenvalue weighted by molar-refractivity contribution is 5.94. The molecule has 36 heavy (non-hydrogen) atoms. The first kappa shape index (κ1) is 25.9. The normalized spacial score (nSPS) is 18.5. The van der Waals surface area contributed by atoms with Gasteiger partial charge in [0, 0.05) is 57.9 Å². The van der Waals surface area contributed by atoms with Crippen LogP contribution in [0.2, 0.25) is 0 Å². The molecular formula is C31H39N3O2. The Morgan fingerprint density at radius 3 is 2.28 bits per heavy atom. The zero-order chi connectivity index (χ0) is 25.2. The molecule has 2 aliphatic rings. The number of nitrogens with zero attached hydrogens (tertiary/aromatic N) is 3. The second-order valence-corrected chi connectivity index (χ2v) is 9.81. The van der Waals surface area contributed by atoms with E-state index in [4.69, 9.17) is 4.74 Å². The molecule has 0 N–H and O–H groups in total. The van der Waals surface area contributed by atoms with Gasteiger partial charge < -0.3 is 9.64 Å². The summed E-state index contributed by atoms with van der Waals surface area (Å²) in [4.78, 5) is 19.9. The van der Waals surface area contributed by atoms with Crippen LogP contribution in [0.4, 0.5) is 0 Å². The van der Waals surface area contributed by atoms with Gasteiger partial charge >= 0.3 is 0 Å². The first-order chi connectivity index (χ1) is 17.6. The van der Waals surface area contributed by atoms with Crippen molar-refractivity contribution in [3.63, 3.8) is 0 Å². The Kier molecular flexibility index (Phi) is 9.54. The van der Waals surface area contributed by atoms with Crippen LogP contribution in [-0.2, 0) is 6.54 Å². The molecule has 190 valence electrons. The summed E-state index contributed by atoms with van der Waals surface area (Å²) < 4.78 is 6.25. The van der Waals surface area contributed by atoms with Crippen LogP contribution in [-0.4, -0.2) is 72.5 Å². The summed E-state index contributed by atoms with van der Waals surface area (Å²) >= 11 is 0. The maximum Gasteiger partial charge on any atom is 0.253 e. The Morgan fingerprint density at radius 1 is 0.917 bits per heavy atom. The number of ether oxygens (including phenoxy) is 1. The Hall–Kier alpha value is -3.15. The predicted octanol–water partition coefficient (Wildman–Crippen LogP) is 5.18. The molecule has 1 amide bonds. The topological polar surface area (TPSA) is 36.0 Å². The molecule has 0 bridgehead atoms. The number of piperazine rings is 1. The van der Waals surface area contributed by atoms with Crippen LogP contribution in [0.25, 0.3) is 0 Å². The van der Waals surface area contributed by atoms with Crippen molar-refractivity contribution < 1.29 is 9.53 Å². The van der Waals surface area contributed by atoms with E-state index in [1.807, 2.05) is 41.3 Å². The number of benzene rings is 2. The van der Waals surface area contributed by atoms with Crippen LogP contribution < -0.4 is 4.74 Å². The van der Waals surface area contributed by atoms with Crippen molar-refractivity contribution in [3.05, 3.63) is 102 Å². The zero-order valence-electron chi connectivity index (χ0n) is 21.5. The van der Waals surface area contributed by atoms with E-state index in [0.717, 1.165) is 76.5 Å². The van der Waals surface area contributed by atoms with Gasteiger partial charge in [0.25, 0.3) is 5.91 Å². The van der Waals surface area contributed by atoms with Crippen LogP contribution in [0.3, 0.4) is 0 Å². The van der Waals surface area contributed by atoms with Gasteiger partial charge in [-0.1, -0.05) is 66.8 Å². The number of rotatable bonds is 9. The molecule has 4 rings (SSSR count). The fourth-order valence-electron chi connectivity index (χ4n) is 4.89. The standard InChI is InChI=1S/C31H39N3O2/c1-3-4-6-9-26(2)24-33-20-22-34(23-21-33)31(35)28-12-14-29(15-13-28)36-30-16-18-32(19-17-30)25-27-10-7-5-8-11-27/h3-15,30H,1,16-25H2,2H3/b6-4-,26-9+. The Labute approximate surface area is 216 Å². The second-order valence-electron chi connectivity index (χ2n) is 9.81. The van der Waals surface area contributed by atoms with Crippen molar-refractivity contribution in [3.8, 4) is 5.75 Å². The van der Waals surface area contributed by atoms with Gasteiger partial charge in [0.2, 0.25) is 0 Å². The fraction of sp³-hybridized carbons (Fsp3) is 0.387. The molecular weight excluding hydrogens is 446 g/mol. The fourth-order valence-corrected chi connectivity index (χ4v) is 4.89. The lowest BCUT2D eigenvalue weighted by molar-refractivity contribution is 0.0647. The zero-order valence-corrected chi connectivity index (χ0v) is 21.5. The lowest BCUT2D eigenvalue weighted by Gasteiger charge is -2.35. The van der Waals surface area contributed by atoms with E-state index in [2.05, 4.69) is 59.7 Å². The van der Waals surface area contributed by atoms with Crippen molar-refractivity contribution in [1.29, 1.82) is 0 Å². The first-order valence-corrected chi connectivity index (χ1v) is 13.1. The van der Waals surface area contributed by atoms with Gasteiger partial charge in [0.15, 0.2) is 0 Å². The molecule has 2 aliphatic heterocycles. The number of carbonyl (C=O) groups is 1. The number of hydrogen-bond acceptors (Lipinski definition) is 4. The summed E-state index contributed by atoms with van der Waals surface area (Å²) in [6.07, 6.45) is 10.1. The Morgan fingerprint density at radius 2 is 1.61 bits per heavy atom. The van der Waals surface area contributed by atoms with Gasteiger partial charge in [-0.25, -0.2) is 0 Å². The highest BCUT2D eigenvalue weighted by Crippen LogP contribution is 2.21. The number of amides is 1. The number of carbonyl (C=O) groups excluding carboxylic acids is 1. The molecule has 2 fully saturated rings. The lowest BCUT2D eigenvalue weighted by Crippen LogP contribution is -2.49. The van der Waals surface area contributed by atoms with Crippen molar-refractivity contribution in [1.82, 2.24) is 14.7 Å². The summed E-state index contributed by atoms with van der Waals surface area (Å²) in [5.74, 6) is 0.960. The molecule has 0 unspecified atom stereocenters. The summed E-state index contributed by atoms with van der Waals surface area (Å²) in [6.45, 7) is 13.2. The molecule has 0 atom stereocenters. The minimum absolute atomic E-state index is 0.108. The van der Waals surface area contributed by atoms with Crippen LogP contribution in [0.1, 0.15) is 35.7 Å². The molecule has 0 spiro atoms. The molecule has 2 saturated heterocycles. The van der Waals surface area contributed by atoms with Gasteiger partial charge in [0.1, 0.15) is 11.9 Å². The number of hydrogen-bond donors (Lipinski definition) is 0. The highest BCUT2D eigenvalue weighted by Gasteiger charge is 2.23. The summed E-state index contributed by atoms with van der Waals surface area (Å²) in [6, 6.07) is 18.4. The largest absolute Gasteiger partial charge is 0.490 e. The molecule has 2 aromatic carbocycles. The Bertz CT molecular complexity index is 1030. The monoisotopic (exact) mass is 485 g/mol. The number of piperidine rings is 1. The van der Waals surface area contributed by atoms with E-state index < -0.39 is 0 Å². The highest BCUT2D eigenvalue weighted by atomic mass is 16.5. The lowest BCUT2D eigenvalue weighted by atomic mass is 10.1. The molecule has 5 nitrogen and oxygen atoms in total. The van der Waals surface area contributed by atoms with Gasteiger partial charge in [0.05, 0.1) is 0 Å². The van der Waals surface area contributed by atoms with Gasteiger partial charge in [-0.15, -0.1) is 0 Å². The van der Waals surface area contributed by atoms with E-state index in [0.29, 0.717) is 0 Å². The number of allylic oxidation sites excluding steroid dienone is 4. The third-order valence-electron chi connectivity index (χ3n) is 6.95. The third-order valence-corrected chi connectivity index (χ3v) is 6.95. The first-order valence-electron chi connectivity index (χ1n) is 13.1. The van der Waals surface area contributed by atoms with Crippen LogP contribution >= 0.6 is 0 Å². The SMILES string of the molecule is C=C/C=C\C=C(/C)CN1CCN(C(=O)c2ccc(OC3CCN(Cc4ccccc4)CC3)cc2)CC1.